The third kappa shape index (κ3) is 3.59. The molecule has 0 atom stereocenters. The number of pyridine rings is 1. The Balaban J connectivity index is 2.23. The van der Waals surface area contributed by atoms with E-state index in [-0.39, 0.29) is 11.3 Å². The number of rotatable bonds is 5. The predicted molar refractivity (Wildman–Crippen MR) is 81.6 cm³/mol. The summed E-state index contributed by atoms with van der Waals surface area (Å²) in [6.45, 7) is 0. The maximum Gasteiger partial charge on any atom is 0.338 e. The van der Waals surface area contributed by atoms with Crippen molar-refractivity contribution < 1.29 is 14.8 Å². The largest absolute Gasteiger partial charge is 0.478 e. The Morgan fingerprint density at radius 3 is 2.81 bits per heavy atom. The molecule has 2 aromatic rings. The number of benzene rings is 1. The van der Waals surface area contributed by atoms with Gasteiger partial charge >= 0.3 is 5.97 Å². The van der Waals surface area contributed by atoms with E-state index in [1.807, 2.05) is 0 Å². The number of nitro benzene ring substituents is 1. The Morgan fingerprint density at radius 2 is 2.14 bits per heavy atom. The molecule has 21 heavy (non-hydrogen) atoms. The van der Waals surface area contributed by atoms with Gasteiger partial charge in [-0.2, -0.15) is 0 Å². The fraction of sp³-hybridized carbons (Fsp3) is 0.0769. The van der Waals surface area contributed by atoms with Crippen molar-refractivity contribution >= 4 is 39.3 Å². The summed E-state index contributed by atoms with van der Waals surface area (Å²) >= 11 is 4.43. The number of carbonyl (C=O) groups is 1. The van der Waals surface area contributed by atoms with Crippen LogP contribution >= 0.6 is 27.7 Å². The van der Waals surface area contributed by atoms with Crippen molar-refractivity contribution in [3.05, 3.63) is 62.2 Å². The average molecular weight is 369 g/mol. The van der Waals surface area contributed by atoms with E-state index in [1.165, 1.54) is 30.1 Å². The number of halogens is 1. The molecule has 0 saturated carbocycles. The number of carboxylic acid groups (broad SMARTS) is 1. The minimum atomic E-state index is -1.05. The predicted octanol–water partition coefficient (Wildman–Crippen LogP) is 3.74. The summed E-state index contributed by atoms with van der Waals surface area (Å²) in [5.41, 5.74) is 0.799. The zero-order chi connectivity index (χ0) is 15.4. The van der Waals surface area contributed by atoms with Gasteiger partial charge in [-0.3, -0.25) is 10.1 Å². The third-order valence-corrected chi connectivity index (χ3v) is 4.59. The van der Waals surface area contributed by atoms with Gasteiger partial charge < -0.3 is 5.11 Å². The van der Waals surface area contributed by atoms with E-state index >= 15 is 0 Å². The van der Waals surface area contributed by atoms with Crippen LogP contribution in [0.5, 0.6) is 0 Å². The van der Waals surface area contributed by atoms with Gasteiger partial charge in [0.2, 0.25) is 0 Å². The quantitative estimate of drug-likeness (QED) is 0.490. The summed E-state index contributed by atoms with van der Waals surface area (Å²) in [7, 11) is 0. The Kier molecular flexibility index (Phi) is 4.92. The van der Waals surface area contributed by atoms with Crippen LogP contribution in [0.2, 0.25) is 0 Å². The van der Waals surface area contributed by atoms with E-state index in [1.54, 1.807) is 18.2 Å². The topological polar surface area (TPSA) is 93.3 Å². The van der Waals surface area contributed by atoms with Gasteiger partial charge in [-0.1, -0.05) is 12.1 Å². The number of nitro groups is 1. The zero-order valence-electron chi connectivity index (χ0n) is 10.5. The monoisotopic (exact) mass is 368 g/mol. The smallest absolute Gasteiger partial charge is 0.338 e. The van der Waals surface area contributed by atoms with Crippen LogP contribution in [0.4, 0.5) is 5.69 Å². The maximum absolute atomic E-state index is 11.1. The van der Waals surface area contributed by atoms with Gasteiger partial charge in [-0.25, -0.2) is 9.78 Å². The molecule has 0 aliphatic carbocycles. The van der Waals surface area contributed by atoms with Crippen molar-refractivity contribution in [2.75, 3.05) is 0 Å². The van der Waals surface area contributed by atoms with Crippen LogP contribution in [0.3, 0.4) is 0 Å². The summed E-state index contributed by atoms with van der Waals surface area (Å²) in [6.07, 6.45) is 1.51. The number of thioether (sulfide) groups is 1. The molecular weight excluding hydrogens is 360 g/mol. The van der Waals surface area contributed by atoms with Crippen molar-refractivity contribution in [2.45, 2.75) is 10.8 Å². The fourth-order valence-corrected chi connectivity index (χ4v) is 3.35. The molecule has 0 bridgehead atoms. The lowest BCUT2D eigenvalue weighted by molar-refractivity contribution is -0.385. The van der Waals surface area contributed by atoms with Gasteiger partial charge in [0.15, 0.2) is 0 Å². The van der Waals surface area contributed by atoms with Gasteiger partial charge in [0, 0.05) is 18.0 Å². The Labute approximate surface area is 132 Å². The maximum atomic E-state index is 11.1. The van der Waals surface area contributed by atoms with E-state index in [2.05, 4.69) is 20.9 Å². The highest BCUT2D eigenvalue weighted by atomic mass is 79.9. The molecule has 1 aromatic heterocycles. The van der Waals surface area contributed by atoms with Crippen LogP contribution in [0.25, 0.3) is 0 Å². The number of aromatic nitrogens is 1. The van der Waals surface area contributed by atoms with Crippen LogP contribution in [0.15, 0.2) is 46.0 Å². The molecule has 6 nitrogen and oxygen atoms in total. The first kappa shape index (κ1) is 15.5. The molecule has 0 radical (unpaired) electrons. The molecule has 0 amide bonds. The van der Waals surface area contributed by atoms with E-state index in [0.717, 1.165) is 0 Å². The van der Waals surface area contributed by atoms with E-state index in [0.29, 0.717) is 20.8 Å². The van der Waals surface area contributed by atoms with Gasteiger partial charge in [0.25, 0.3) is 5.69 Å². The van der Waals surface area contributed by atoms with Crippen LogP contribution in [-0.4, -0.2) is 21.0 Å². The average Bonchev–Trinajstić information content (AvgIpc) is 2.46. The molecule has 1 aromatic carbocycles. The van der Waals surface area contributed by atoms with Crippen molar-refractivity contribution in [3.8, 4) is 0 Å². The molecule has 0 aliphatic rings. The fourth-order valence-electron chi connectivity index (χ4n) is 1.63. The molecule has 0 saturated heterocycles. The molecule has 2 rings (SSSR count). The standard InChI is InChI=1S/C13H9BrN2O4S/c14-11-8(3-1-5-10(11)16(19)20)7-21-12-9(13(17)18)4-2-6-15-12/h1-6H,7H2,(H,17,18). The van der Waals surface area contributed by atoms with E-state index in [4.69, 9.17) is 5.11 Å². The highest BCUT2D eigenvalue weighted by Crippen LogP contribution is 2.33. The lowest BCUT2D eigenvalue weighted by Gasteiger charge is -2.06. The van der Waals surface area contributed by atoms with Crippen molar-refractivity contribution in [2.24, 2.45) is 0 Å². The van der Waals surface area contributed by atoms with Crippen molar-refractivity contribution in [1.29, 1.82) is 0 Å². The number of hydrogen-bond acceptors (Lipinski definition) is 5. The second-order valence-corrected chi connectivity index (χ2v) is 5.71. The number of hydrogen-bond donors (Lipinski definition) is 1. The SMILES string of the molecule is O=C(O)c1cccnc1SCc1cccc([N+](=O)[O-])c1Br. The second-order valence-electron chi connectivity index (χ2n) is 3.96. The number of nitrogens with zero attached hydrogens (tertiary/aromatic N) is 2. The number of aromatic carboxylic acids is 1. The van der Waals surface area contributed by atoms with Gasteiger partial charge in [-0.15, -0.1) is 11.8 Å². The first-order valence-electron chi connectivity index (χ1n) is 5.73. The highest BCUT2D eigenvalue weighted by Gasteiger charge is 2.16. The third-order valence-electron chi connectivity index (χ3n) is 2.62. The van der Waals surface area contributed by atoms with Crippen molar-refractivity contribution in [1.82, 2.24) is 4.98 Å². The molecule has 1 N–H and O–H groups in total. The first-order valence-corrected chi connectivity index (χ1v) is 7.51. The summed E-state index contributed by atoms with van der Waals surface area (Å²) < 4.78 is 0.398. The van der Waals surface area contributed by atoms with E-state index in [9.17, 15) is 14.9 Å². The highest BCUT2D eigenvalue weighted by molar-refractivity contribution is 9.10. The van der Waals surface area contributed by atoms with E-state index < -0.39 is 10.9 Å². The van der Waals surface area contributed by atoms with Gasteiger partial charge in [0.1, 0.15) is 5.03 Å². The van der Waals surface area contributed by atoms with Crippen LogP contribution in [0.1, 0.15) is 15.9 Å². The Hall–Kier alpha value is -1.93. The molecule has 108 valence electrons. The van der Waals surface area contributed by atoms with Gasteiger partial charge in [0.05, 0.1) is 15.0 Å². The molecular formula is C13H9BrN2O4S. The summed E-state index contributed by atoms with van der Waals surface area (Å²) in [5.74, 6) is -0.678. The first-order chi connectivity index (χ1) is 10.0. The normalized spacial score (nSPS) is 10.3. The van der Waals surface area contributed by atoms with Crippen LogP contribution < -0.4 is 0 Å². The molecule has 0 fully saturated rings. The van der Waals surface area contributed by atoms with Crippen LogP contribution in [0, 0.1) is 10.1 Å². The van der Waals surface area contributed by atoms with Gasteiger partial charge in [-0.05, 0) is 33.6 Å². The summed E-state index contributed by atoms with van der Waals surface area (Å²) in [6, 6.07) is 7.77. The lowest BCUT2D eigenvalue weighted by Crippen LogP contribution is -2.00. The Morgan fingerprint density at radius 1 is 1.38 bits per heavy atom. The summed E-state index contributed by atoms with van der Waals surface area (Å²) in [5, 5.41) is 20.3. The van der Waals surface area contributed by atoms with Crippen LogP contribution in [-0.2, 0) is 5.75 Å². The molecule has 0 spiro atoms. The minimum Gasteiger partial charge on any atom is -0.478 e. The number of carboxylic acids is 1. The van der Waals surface area contributed by atoms with Crippen molar-refractivity contribution in [3.63, 3.8) is 0 Å². The molecule has 8 heteroatoms. The molecule has 0 aliphatic heterocycles. The second kappa shape index (κ2) is 6.68. The molecule has 1 heterocycles. The lowest BCUT2D eigenvalue weighted by atomic mass is 10.2. The molecule has 0 unspecified atom stereocenters. The Bertz CT molecular complexity index is 708. The summed E-state index contributed by atoms with van der Waals surface area (Å²) in [4.78, 5) is 25.5. The minimum absolute atomic E-state index is 0.0208. The zero-order valence-corrected chi connectivity index (χ0v) is 12.9.